The van der Waals surface area contributed by atoms with Gasteiger partial charge in [-0.15, -0.1) is 0 Å². The summed E-state index contributed by atoms with van der Waals surface area (Å²) in [5, 5.41) is 20.4. The molecule has 0 unspecified atom stereocenters. The minimum atomic E-state index is -0.478. The zero-order valence-corrected chi connectivity index (χ0v) is 16.3. The lowest BCUT2D eigenvalue weighted by Gasteiger charge is -2.09. The first-order valence-electron chi connectivity index (χ1n) is 8.40. The van der Waals surface area contributed by atoms with Crippen molar-refractivity contribution in [2.45, 2.75) is 6.61 Å². The van der Waals surface area contributed by atoms with Gasteiger partial charge in [0.15, 0.2) is 0 Å². The summed E-state index contributed by atoms with van der Waals surface area (Å²) in [7, 11) is 0. The Morgan fingerprint density at radius 3 is 2.57 bits per heavy atom. The summed E-state index contributed by atoms with van der Waals surface area (Å²) in [6.45, 7) is 0.450. The fourth-order valence-electron chi connectivity index (χ4n) is 2.59. The molecule has 0 bridgehead atoms. The van der Waals surface area contributed by atoms with Crippen LogP contribution >= 0.6 is 15.9 Å². The quantitative estimate of drug-likeness (QED) is 0.206. The molecule has 0 fully saturated rings. The van der Waals surface area contributed by atoms with Crippen LogP contribution in [0.4, 0.5) is 5.69 Å². The summed E-state index contributed by atoms with van der Waals surface area (Å²) in [5.74, 6) is 0.690. The second-order valence-electron chi connectivity index (χ2n) is 5.94. The molecule has 0 aromatic heterocycles. The standard InChI is InChI=1S/C22H15BrN2O3/c23-21-12-17(9-10-22(21)28-15-16-5-2-1-3-6-16)11-19(14-24)18-7-4-8-20(13-18)25(26)27/h1-13H,15H2/b19-11-. The molecule has 0 aliphatic heterocycles. The molecule has 0 amide bonds. The van der Waals surface area contributed by atoms with Crippen LogP contribution in [0.25, 0.3) is 11.6 Å². The van der Waals surface area contributed by atoms with Crippen molar-refractivity contribution in [1.82, 2.24) is 0 Å². The van der Waals surface area contributed by atoms with Crippen LogP contribution in [0.5, 0.6) is 5.75 Å². The molecule has 0 aliphatic rings. The highest BCUT2D eigenvalue weighted by Crippen LogP contribution is 2.29. The Bertz CT molecular complexity index is 1070. The number of hydrogen-bond donors (Lipinski definition) is 0. The Morgan fingerprint density at radius 1 is 1.11 bits per heavy atom. The largest absolute Gasteiger partial charge is 0.488 e. The molecule has 138 valence electrons. The van der Waals surface area contributed by atoms with Gasteiger partial charge >= 0.3 is 0 Å². The van der Waals surface area contributed by atoms with Crippen molar-refractivity contribution in [2.24, 2.45) is 0 Å². The maximum absolute atomic E-state index is 11.0. The van der Waals surface area contributed by atoms with E-state index in [4.69, 9.17) is 4.74 Å². The maximum atomic E-state index is 11.0. The molecule has 28 heavy (non-hydrogen) atoms. The number of ether oxygens (including phenoxy) is 1. The number of hydrogen-bond acceptors (Lipinski definition) is 4. The third-order valence-electron chi connectivity index (χ3n) is 3.99. The molecule has 0 atom stereocenters. The smallest absolute Gasteiger partial charge is 0.270 e. The summed E-state index contributed by atoms with van der Waals surface area (Å²) in [5.41, 5.74) is 2.63. The number of non-ortho nitro benzene ring substituents is 1. The number of rotatable bonds is 6. The highest BCUT2D eigenvalue weighted by Gasteiger charge is 2.09. The second-order valence-corrected chi connectivity index (χ2v) is 6.80. The first-order chi connectivity index (χ1) is 13.6. The van der Waals surface area contributed by atoms with Gasteiger partial charge in [-0.05, 0) is 50.8 Å². The molecule has 0 spiro atoms. The van der Waals surface area contributed by atoms with Gasteiger partial charge < -0.3 is 4.74 Å². The van der Waals surface area contributed by atoms with Crippen molar-refractivity contribution in [3.05, 3.63) is 104 Å². The molecule has 6 heteroatoms. The third kappa shape index (κ3) is 4.84. The van der Waals surface area contributed by atoms with E-state index >= 15 is 0 Å². The number of nitro groups is 1. The number of nitrogens with zero attached hydrogens (tertiary/aromatic N) is 2. The van der Waals surface area contributed by atoms with Crippen LogP contribution in [0.2, 0.25) is 0 Å². The van der Waals surface area contributed by atoms with Gasteiger partial charge in [0.05, 0.1) is 21.0 Å². The van der Waals surface area contributed by atoms with Crippen molar-refractivity contribution < 1.29 is 9.66 Å². The SMILES string of the molecule is N#C/C(=C/c1ccc(OCc2ccccc2)c(Br)c1)c1cccc([N+](=O)[O-])c1. The fraction of sp³-hybridized carbons (Fsp3) is 0.0455. The van der Waals surface area contributed by atoms with Crippen LogP contribution in [-0.2, 0) is 6.61 Å². The molecule has 3 aromatic rings. The van der Waals surface area contributed by atoms with E-state index in [-0.39, 0.29) is 5.69 Å². The normalized spacial score (nSPS) is 10.9. The summed E-state index contributed by atoms with van der Waals surface area (Å²) < 4.78 is 6.59. The molecular weight excluding hydrogens is 420 g/mol. The van der Waals surface area contributed by atoms with Crippen LogP contribution in [0.3, 0.4) is 0 Å². The Morgan fingerprint density at radius 2 is 1.89 bits per heavy atom. The fourth-order valence-corrected chi connectivity index (χ4v) is 3.10. The topological polar surface area (TPSA) is 76.2 Å². The van der Waals surface area contributed by atoms with Crippen molar-refractivity contribution in [3.8, 4) is 11.8 Å². The van der Waals surface area contributed by atoms with Crippen LogP contribution in [-0.4, -0.2) is 4.92 Å². The van der Waals surface area contributed by atoms with Gasteiger partial charge in [0.25, 0.3) is 5.69 Å². The van der Waals surface area contributed by atoms with E-state index in [1.165, 1.54) is 12.1 Å². The summed E-state index contributed by atoms with van der Waals surface area (Å²) in [6.07, 6.45) is 1.69. The van der Waals surface area contributed by atoms with Crippen molar-refractivity contribution >= 4 is 33.3 Å². The Balaban J connectivity index is 1.81. The van der Waals surface area contributed by atoms with E-state index in [1.54, 1.807) is 18.2 Å². The van der Waals surface area contributed by atoms with Gasteiger partial charge in [0, 0.05) is 12.1 Å². The Kier molecular flexibility index (Phi) is 6.20. The van der Waals surface area contributed by atoms with Gasteiger partial charge in [-0.3, -0.25) is 10.1 Å². The number of nitriles is 1. The van der Waals surface area contributed by atoms with Crippen LogP contribution in [0.1, 0.15) is 16.7 Å². The molecule has 5 nitrogen and oxygen atoms in total. The molecule has 3 aromatic carbocycles. The second kappa shape index (κ2) is 8.98. The van der Waals surface area contributed by atoms with Crippen molar-refractivity contribution in [1.29, 1.82) is 5.26 Å². The Labute approximate surface area is 170 Å². The van der Waals surface area contributed by atoms with Gasteiger partial charge in [-0.2, -0.15) is 5.26 Å². The molecule has 0 saturated carbocycles. The first kappa shape index (κ1) is 19.3. The van der Waals surface area contributed by atoms with Gasteiger partial charge in [-0.25, -0.2) is 0 Å². The summed E-state index contributed by atoms with van der Waals surface area (Å²) in [6, 6.07) is 23.5. The lowest BCUT2D eigenvalue weighted by molar-refractivity contribution is -0.384. The predicted octanol–water partition coefficient (Wildman–Crippen LogP) is 6.00. The number of benzene rings is 3. The Hall–Kier alpha value is -3.43. The average Bonchev–Trinajstić information content (AvgIpc) is 2.72. The summed E-state index contributed by atoms with van der Waals surface area (Å²) >= 11 is 3.49. The monoisotopic (exact) mass is 434 g/mol. The average molecular weight is 435 g/mol. The van der Waals surface area contributed by atoms with Gasteiger partial charge in [0.2, 0.25) is 0 Å². The van der Waals surface area contributed by atoms with Crippen molar-refractivity contribution in [2.75, 3.05) is 0 Å². The van der Waals surface area contributed by atoms with Gasteiger partial charge in [-0.1, -0.05) is 48.5 Å². The molecule has 0 heterocycles. The third-order valence-corrected chi connectivity index (χ3v) is 4.61. The number of nitro benzene ring substituents is 1. The molecular formula is C22H15BrN2O3. The number of allylic oxidation sites excluding steroid dienone is 1. The van der Waals surface area contributed by atoms with Crippen LogP contribution < -0.4 is 4.74 Å². The highest BCUT2D eigenvalue weighted by molar-refractivity contribution is 9.10. The van der Waals surface area contributed by atoms with E-state index in [9.17, 15) is 15.4 Å². The maximum Gasteiger partial charge on any atom is 0.270 e. The minimum absolute atomic E-state index is 0.0514. The lowest BCUT2D eigenvalue weighted by Crippen LogP contribution is -1.95. The zero-order chi connectivity index (χ0) is 19.9. The van der Waals surface area contributed by atoms with Gasteiger partial charge in [0.1, 0.15) is 12.4 Å². The number of halogens is 1. The van der Waals surface area contributed by atoms with Crippen LogP contribution in [0.15, 0.2) is 77.3 Å². The molecule has 3 rings (SSSR count). The molecule has 0 N–H and O–H groups in total. The van der Waals surface area contributed by atoms with E-state index in [0.717, 1.165) is 15.6 Å². The minimum Gasteiger partial charge on any atom is -0.488 e. The molecule has 0 radical (unpaired) electrons. The van der Waals surface area contributed by atoms with E-state index in [0.29, 0.717) is 23.5 Å². The van der Waals surface area contributed by atoms with Crippen LogP contribution in [0, 0.1) is 21.4 Å². The molecule has 0 saturated heterocycles. The lowest BCUT2D eigenvalue weighted by atomic mass is 10.0. The zero-order valence-electron chi connectivity index (χ0n) is 14.7. The molecule has 0 aliphatic carbocycles. The predicted molar refractivity (Wildman–Crippen MR) is 111 cm³/mol. The van der Waals surface area contributed by atoms with Crippen molar-refractivity contribution in [3.63, 3.8) is 0 Å². The van der Waals surface area contributed by atoms with E-state index < -0.39 is 4.92 Å². The summed E-state index contributed by atoms with van der Waals surface area (Å²) in [4.78, 5) is 10.5. The van der Waals surface area contributed by atoms with E-state index in [1.807, 2.05) is 48.5 Å². The highest BCUT2D eigenvalue weighted by atomic mass is 79.9. The first-order valence-corrected chi connectivity index (χ1v) is 9.19. The van der Waals surface area contributed by atoms with E-state index in [2.05, 4.69) is 22.0 Å².